The summed E-state index contributed by atoms with van der Waals surface area (Å²) in [6, 6.07) is 3.56. The number of amides is 2. The van der Waals surface area contributed by atoms with Crippen molar-refractivity contribution < 1.29 is 9.59 Å². The molecular weight excluding hydrogens is 254 g/mol. The van der Waals surface area contributed by atoms with Crippen LogP contribution in [0.1, 0.15) is 35.3 Å². The van der Waals surface area contributed by atoms with Crippen molar-refractivity contribution in [3.63, 3.8) is 0 Å². The lowest BCUT2D eigenvalue weighted by Crippen LogP contribution is -2.43. The van der Waals surface area contributed by atoms with Crippen LogP contribution in [0.15, 0.2) is 12.1 Å². The Bertz CT molecular complexity index is 536. The standard InChI is InChI=1S/C15H23N3O2/c1-9-6-10(2)12(16)7-11(9)13(19)18-8-15(3,4)14(20)17-5/h6-7H,8,16H2,1-5H3,(H,17,20)(H,18,19). The van der Waals surface area contributed by atoms with Crippen LogP contribution in [0.2, 0.25) is 0 Å². The van der Waals surface area contributed by atoms with Crippen LogP contribution >= 0.6 is 0 Å². The minimum absolute atomic E-state index is 0.113. The third-order valence-electron chi connectivity index (χ3n) is 3.39. The summed E-state index contributed by atoms with van der Waals surface area (Å²) in [6.07, 6.45) is 0. The third-order valence-corrected chi connectivity index (χ3v) is 3.39. The monoisotopic (exact) mass is 277 g/mol. The van der Waals surface area contributed by atoms with Gasteiger partial charge in [-0.15, -0.1) is 0 Å². The molecule has 5 heteroatoms. The number of aryl methyl sites for hydroxylation is 2. The molecule has 0 saturated carbocycles. The Kier molecular flexibility index (Phi) is 4.76. The number of hydrogen-bond donors (Lipinski definition) is 3. The van der Waals surface area contributed by atoms with Crippen molar-refractivity contribution in [2.24, 2.45) is 5.41 Å². The summed E-state index contributed by atoms with van der Waals surface area (Å²) in [7, 11) is 1.58. The first-order chi connectivity index (χ1) is 9.19. The van der Waals surface area contributed by atoms with Gasteiger partial charge in [0.05, 0.1) is 5.41 Å². The normalized spacial score (nSPS) is 11.1. The van der Waals surface area contributed by atoms with Crippen LogP contribution in [0.4, 0.5) is 5.69 Å². The lowest BCUT2D eigenvalue weighted by atomic mass is 9.92. The second kappa shape index (κ2) is 5.94. The van der Waals surface area contributed by atoms with E-state index in [-0.39, 0.29) is 18.4 Å². The Hall–Kier alpha value is -2.04. The minimum atomic E-state index is -0.658. The number of carbonyl (C=O) groups excluding carboxylic acids is 2. The van der Waals surface area contributed by atoms with Crippen LogP contribution in [0.5, 0.6) is 0 Å². The van der Waals surface area contributed by atoms with Crippen LogP contribution in [0.25, 0.3) is 0 Å². The van der Waals surface area contributed by atoms with Crippen molar-refractivity contribution in [3.05, 3.63) is 28.8 Å². The first-order valence-corrected chi connectivity index (χ1v) is 6.56. The van der Waals surface area contributed by atoms with E-state index in [1.165, 1.54) is 0 Å². The molecule has 20 heavy (non-hydrogen) atoms. The zero-order valence-corrected chi connectivity index (χ0v) is 12.8. The van der Waals surface area contributed by atoms with E-state index in [0.717, 1.165) is 11.1 Å². The topological polar surface area (TPSA) is 84.2 Å². The number of nitrogens with one attached hydrogen (secondary N) is 2. The largest absolute Gasteiger partial charge is 0.398 e. The second-order valence-corrected chi connectivity index (χ2v) is 5.67. The molecule has 110 valence electrons. The molecule has 0 aliphatic carbocycles. The summed E-state index contributed by atoms with van der Waals surface area (Å²) in [5, 5.41) is 5.37. The van der Waals surface area contributed by atoms with E-state index in [2.05, 4.69) is 10.6 Å². The van der Waals surface area contributed by atoms with Gasteiger partial charge in [-0.25, -0.2) is 0 Å². The molecule has 0 aliphatic rings. The van der Waals surface area contributed by atoms with E-state index >= 15 is 0 Å². The molecule has 0 aliphatic heterocycles. The number of anilines is 1. The number of rotatable bonds is 4. The third kappa shape index (κ3) is 3.50. The fourth-order valence-corrected chi connectivity index (χ4v) is 1.93. The maximum Gasteiger partial charge on any atom is 0.251 e. The van der Waals surface area contributed by atoms with Gasteiger partial charge in [0.25, 0.3) is 5.91 Å². The van der Waals surface area contributed by atoms with Crippen molar-refractivity contribution in [1.82, 2.24) is 10.6 Å². The highest BCUT2D eigenvalue weighted by atomic mass is 16.2. The first-order valence-electron chi connectivity index (χ1n) is 6.56. The zero-order valence-electron chi connectivity index (χ0n) is 12.8. The molecule has 5 nitrogen and oxygen atoms in total. The molecule has 0 atom stereocenters. The zero-order chi connectivity index (χ0) is 15.5. The number of nitrogens with two attached hydrogens (primary N) is 1. The number of hydrogen-bond acceptors (Lipinski definition) is 3. The van der Waals surface area contributed by atoms with Gasteiger partial charge in [-0.05, 0) is 44.9 Å². The van der Waals surface area contributed by atoms with Gasteiger partial charge in [0.1, 0.15) is 0 Å². The molecule has 0 heterocycles. The molecule has 0 unspecified atom stereocenters. The van der Waals surface area contributed by atoms with Gasteiger partial charge >= 0.3 is 0 Å². The van der Waals surface area contributed by atoms with Gasteiger partial charge < -0.3 is 16.4 Å². The predicted octanol–water partition coefficient (Wildman–Crippen LogP) is 1.39. The maximum atomic E-state index is 12.2. The first kappa shape index (κ1) is 16.0. The Morgan fingerprint density at radius 3 is 2.35 bits per heavy atom. The lowest BCUT2D eigenvalue weighted by molar-refractivity contribution is -0.128. The van der Waals surface area contributed by atoms with Gasteiger partial charge in [-0.2, -0.15) is 0 Å². The van der Waals surface area contributed by atoms with Crippen molar-refractivity contribution in [2.45, 2.75) is 27.7 Å². The van der Waals surface area contributed by atoms with Crippen molar-refractivity contribution in [1.29, 1.82) is 0 Å². The number of nitrogen functional groups attached to an aromatic ring is 1. The van der Waals surface area contributed by atoms with Crippen molar-refractivity contribution in [3.8, 4) is 0 Å². The Balaban J connectivity index is 2.83. The molecule has 4 N–H and O–H groups in total. The smallest absolute Gasteiger partial charge is 0.251 e. The van der Waals surface area contributed by atoms with Gasteiger partial charge in [0.2, 0.25) is 5.91 Å². The highest BCUT2D eigenvalue weighted by Gasteiger charge is 2.27. The van der Waals surface area contributed by atoms with Crippen LogP contribution in [-0.4, -0.2) is 25.4 Å². The van der Waals surface area contributed by atoms with Crippen molar-refractivity contribution >= 4 is 17.5 Å². The van der Waals surface area contributed by atoms with Crippen LogP contribution in [0, 0.1) is 19.3 Å². The van der Waals surface area contributed by atoms with Gasteiger partial charge in [-0.3, -0.25) is 9.59 Å². The Morgan fingerprint density at radius 1 is 1.20 bits per heavy atom. The molecule has 0 bridgehead atoms. The molecule has 0 fully saturated rings. The van der Waals surface area contributed by atoms with E-state index in [1.807, 2.05) is 19.9 Å². The molecule has 0 aromatic heterocycles. The Morgan fingerprint density at radius 2 is 1.80 bits per heavy atom. The quantitative estimate of drug-likeness (QED) is 0.727. The van der Waals surface area contributed by atoms with Gasteiger partial charge in [0, 0.05) is 24.8 Å². The van der Waals surface area contributed by atoms with Crippen molar-refractivity contribution in [2.75, 3.05) is 19.3 Å². The van der Waals surface area contributed by atoms with E-state index in [4.69, 9.17) is 5.73 Å². The lowest BCUT2D eigenvalue weighted by Gasteiger charge is -2.23. The predicted molar refractivity (Wildman–Crippen MR) is 80.5 cm³/mol. The van der Waals surface area contributed by atoms with Crippen LogP contribution in [-0.2, 0) is 4.79 Å². The molecule has 0 radical (unpaired) electrons. The number of carbonyl (C=O) groups is 2. The molecule has 1 aromatic carbocycles. The summed E-state index contributed by atoms with van der Waals surface area (Å²) < 4.78 is 0. The number of benzene rings is 1. The Labute approximate surface area is 119 Å². The molecule has 1 rings (SSSR count). The van der Waals surface area contributed by atoms with E-state index in [1.54, 1.807) is 27.0 Å². The summed E-state index contributed by atoms with van der Waals surface area (Å²) in [6.45, 7) is 7.59. The average Bonchev–Trinajstić information content (AvgIpc) is 2.39. The van der Waals surface area contributed by atoms with Crippen LogP contribution < -0.4 is 16.4 Å². The average molecular weight is 277 g/mol. The minimum Gasteiger partial charge on any atom is -0.398 e. The van der Waals surface area contributed by atoms with E-state index in [9.17, 15) is 9.59 Å². The van der Waals surface area contributed by atoms with Gasteiger partial charge in [0.15, 0.2) is 0 Å². The van der Waals surface area contributed by atoms with Crippen LogP contribution in [0.3, 0.4) is 0 Å². The fraction of sp³-hybridized carbons (Fsp3) is 0.467. The second-order valence-electron chi connectivity index (χ2n) is 5.67. The SMILES string of the molecule is CNC(=O)C(C)(C)CNC(=O)c1cc(N)c(C)cc1C. The summed E-state index contributed by atoms with van der Waals surface area (Å²) in [4.78, 5) is 23.9. The molecule has 0 saturated heterocycles. The summed E-state index contributed by atoms with van der Waals surface area (Å²) >= 11 is 0. The summed E-state index contributed by atoms with van der Waals surface area (Å²) in [5.74, 6) is -0.330. The van der Waals surface area contributed by atoms with Gasteiger partial charge in [-0.1, -0.05) is 6.07 Å². The molecule has 0 spiro atoms. The highest BCUT2D eigenvalue weighted by Crippen LogP contribution is 2.18. The maximum absolute atomic E-state index is 12.2. The van der Waals surface area contributed by atoms with E-state index < -0.39 is 5.41 Å². The fourth-order valence-electron chi connectivity index (χ4n) is 1.93. The summed E-state index contributed by atoms with van der Waals surface area (Å²) in [5.41, 5.74) is 8.12. The molecule has 2 amide bonds. The molecular formula is C15H23N3O2. The highest BCUT2D eigenvalue weighted by molar-refractivity contribution is 5.97. The van der Waals surface area contributed by atoms with E-state index in [0.29, 0.717) is 11.3 Å². The molecule has 1 aromatic rings.